The van der Waals surface area contributed by atoms with Crippen LogP contribution < -0.4 is 14.2 Å². The Balaban J connectivity index is 1.49. The van der Waals surface area contributed by atoms with Crippen LogP contribution in [0.25, 0.3) is 6.08 Å². The molecular weight excluding hydrogens is 543 g/mol. The molecule has 1 aliphatic rings. The lowest BCUT2D eigenvalue weighted by Gasteiger charge is -2.15. The summed E-state index contributed by atoms with van der Waals surface area (Å²) in [4.78, 5) is 24.9. The number of Topliss-reactive ketones (excluding diaryl/α,β-unsaturated/α-hetero) is 1. The Kier molecular flexibility index (Phi) is 6.62. The minimum Gasteiger partial charge on any atom is -0.473 e. The first kappa shape index (κ1) is 24.4. The van der Waals surface area contributed by atoms with Crippen LogP contribution in [0.5, 0.6) is 17.2 Å². The number of allylic oxidation sites excluding steroid dienone is 1. The van der Waals surface area contributed by atoms with Gasteiger partial charge in [-0.05, 0) is 42.8 Å². The SMILES string of the molecule is CC(Oc1c(F)c(F)c(F)c(F)c1F)C(=O)Oc1ccc2c(c1)O/C(=C\c1ccc(Br)cc1)C2=O. The van der Waals surface area contributed by atoms with E-state index < -0.39 is 52.7 Å². The molecule has 1 atom stereocenters. The van der Waals surface area contributed by atoms with E-state index in [-0.39, 0.29) is 22.8 Å². The van der Waals surface area contributed by atoms with Gasteiger partial charge in [0, 0.05) is 10.5 Å². The molecule has 0 N–H and O–H groups in total. The van der Waals surface area contributed by atoms with Gasteiger partial charge in [-0.1, -0.05) is 28.1 Å². The van der Waals surface area contributed by atoms with Crippen molar-refractivity contribution in [1.82, 2.24) is 0 Å². The van der Waals surface area contributed by atoms with Crippen molar-refractivity contribution in [2.75, 3.05) is 0 Å². The van der Waals surface area contributed by atoms with E-state index in [0.717, 1.165) is 11.4 Å². The highest BCUT2D eigenvalue weighted by atomic mass is 79.9. The number of hydrogen-bond acceptors (Lipinski definition) is 5. The predicted molar refractivity (Wildman–Crippen MR) is 115 cm³/mol. The molecule has 0 fully saturated rings. The van der Waals surface area contributed by atoms with Gasteiger partial charge in [0.25, 0.3) is 0 Å². The topological polar surface area (TPSA) is 61.8 Å². The minimum atomic E-state index is -2.36. The fourth-order valence-electron chi connectivity index (χ4n) is 3.05. The van der Waals surface area contributed by atoms with E-state index in [9.17, 15) is 31.5 Å². The number of fused-ring (bicyclic) bond motifs is 1. The predicted octanol–water partition coefficient (Wildman–Crippen LogP) is 6.13. The van der Waals surface area contributed by atoms with Crippen LogP contribution in [0.1, 0.15) is 22.8 Å². The van der Waals surface area contributed by atoms with E-state index in [1.165, 1.54) is 24.3 Å². The van der Waals surface area contributed by atoms with Gasteiger partial charge in [-0.15, -0.1) is 0 Å². The van der Waals surface area contributed by atoms with Crippen LogP contribution in [0, 0.1) is 29.1 Å². The molecule has 1 aliphatic heterocycles. The van der Waals surface area contributed by atoms with E-state index in [0.29, 0.717) is 5.56 Å². The second-order valence-corrected chi connectivity index (χ2v) is 8.15. The standard InChI is InChI=1S/C24H12BrF5O5/c1-10(33-23-20(29)18(27)17(26)19(28)21(23)30)24(32)34-13-6-7-14-15(9-13)35-16(22(14)31)8-11-2-4-12(25)5-3-11/h2-10H,1H3/b16-8-. The van der Waals surface area contributed by atoms with Crippen molar-refractivity contribution in [1.29, 1.82) is 0 Å². The van der Waals surface area contributed by atoms with Crippen LogP contribution in [0.15, 0.2) is 52.7 Å². The monoisotopic (exact) mass is 554 g/mol. The van der Waals surface area contributed by atoms with Gasteiger partial charge >= 0.3 is 5.97 Å². The quantitative estimate of drug-likeness (QED) is 0.0947. The molecule has 4 rings (SSSR count). The average Bonchev–Trinajstić information content (AvgIpc) is 3.14. The molecule has 0 aliphatic carbocycles. The summed E-state index contributed by atoms with van der Waals surface area (Å²) in [6.07, 6.45) is -0.229. The van der Waals surface area contributed by atoms with E-state index >= 15 is 0 Å². The first-order valence-corrected chi connectivity index (χ1v) is 10.6. The maximum Gasteiger partial charge on any atom is 0.352 e. The van der Waals surface area contributed by atoms with Crippen LogP contribution in [0.4, 0.5) is 22.0 Å². The zero-order valence-electron chi connectivity index (χ0n) is 17.5. The molecule has 11 heteroatoms. The van der Waals surface area contributed by atoms with Crippen LogP contribution >= 0.6 is 15.9 Å². The van der Waals surface area contributed by atoms with Crippen molar-refractivity contribution in [3.63, 3.8) is 0 Å². The number of benzene rings is 3. The van der Waals surface area contributed by atoms with Gasteiger partial charge in [0.05, 0.1) is 5.56 Å². The van der Waals surface area contributed by atoms with Crippen molar-refractivity contribution >= 4 is 33.8 Å². The van der Waals surface area contributed by atoms with E-state index in [2.05, 4.69) is 20.7 Å². The summed E-state index contributed by atoms with van der Waals surface area (Å²) in [7, 11) is 0. The lowest BCUT2D eigenvalue weighted by atomic mass is 10.1. The van der Waals surface area contributed by atoms with Gasteiger partial charge in [0.2, 0.25) is 34.9 Å². The van der Waals surface area contributed by atoms with Crippen molar-refractivity contribution in [3.05, 3.63) is 92.9 Å². The Morgan fingerprint density at radius 1 is 0.943 bits per heavy atom. The maximum atomic E-state index is 13.8. The summed E-state index contributed by atoms with van der Waals surface area (Å²) < 4.78 is 83.6. The minimum absolute atomic E-state index is 0.0359. The Morgan fingerprint density at radius 2 is 1.54 bits per heavy atom. The molecular formula is C24H12BrF5O5. The van der Waals surface area contributed by atoms with Gasteiger partial charge < -0.3 is 14.2 Å². The molecule has 3 aromatic rings. The summed E-state index contributed by atoms with van der Waals surface area (Å²) in [5.41, 5.74) is 0.911. The van der Waals surface area contributed by atoms with Crippen LogP contribution in [0.3, 0.4) is 0 Å². The number of ether oxygens (including phenoxy) is 3. The molecule has 0 saturated carbocycles. The molecule has 5 nitrogen and oxygen atoms in total. The number of hydrogen-bond donors (Lipinski definition) is 0. The zero-order valence-corrected chi connectivity index (χ0v) is 19.1. The van der Waals surface area contributed by atoms with Crippen molar-refractivity contribution in [3.8, 4) is 17.2 Å². The fraction of sp³-hybridized carbons (Fsp3) is 0.0833. The number of carbonyl (C=O) groups excluding carboxylic acids is 2. The number of halogens is 6. The molecule has 0 radical (unpaired) electrons. The fourth-order valence-corrected chi connectivity index (χ4v) is 3.32. The third-order valence-electron chi connectivity index (χ3n) is 4.82. The average molecular weight is 555 g/mol. The summed E-state index contributed by atoms with van der Waals surface area (Å²) in [6, 6.07) is 10.9. The molecule has 0 aromatic heterocycles. The molecule has 0 bridgehead atoms. The second-order valence-electron chi connectivity index (χ2n) is 7.23. The highest BCUT2D eigenvalue weighted by Crippen LogP contribution is 2.35. The van der Waals surface area contributed by atoms with Gasteiger partial charge in [-0.3, -0.25) is 4.79 Å². The van der Waals surface area contributed by atoms with Gasteiger partial charge in [-0.25, -0.2) is 18.0 Å². The number of ketones is 1. The van der Waals surface area contributed by atoms with E-state index in [1.807, 2.05) is 0 Å². The largest absolute Gasteiger partial charge is 0.473 e. The Labute approximate surface area is 202 Å². The van der Waals surface area contributed by atoms with Crippen LogP contribution in [-0.2, 0) is 4.79 Å². The second kappa shape index (κ2) is 9.49. The highest BCUT2D eigenvalue weighted by molar-refractivity contribution is 9.10. The highest BCUT2D eigenvalue weighted by Gasteiger charge is 2.31. The zero-order chi connectivity index (χ0) is 25.4. The Hall–Kier alpha value is -3.73. The molecule has 180 valence electrons. The van der Waals surface area contributed by atoms with E-state index in [1.54, 1.807) is 24.3 Å². The lowest BCUT2D eigenvalue weighted by molar-refractivity contribution is -0.141. The number of rotatable bonds is 5. The molecule has 0 saturated heterocycles. The molecule has 1 unspecified atom stereocenters. The number of esters is 1. The maximum absolute atomic E-state index is 13.8. The third-order valence-corrected chi connectivity index (χ3v) is 5.35. The molecule has 35 heavy (non-hydrogen) atoms. The third kappa shape index (κ3) is 4.76. The molecule has 0 amide bonds. The summed E-state index contributed by atoms with van der Waals surface area (Å²) >= 11 is 3.31. The summed E-state index contributed by atoms with van der Waals surface area (Å²) in [5, 5.41) is 0. The van der Waals surface area contributed by atoms with Crippen molar-refractivity contribution < 1.29 is 45.8 Å². The van der Waals surface area contributed by atoms with E-state index in [4.69, 9.17) is 9.47 Å². The Morgan fingerprint density at radius 3 is 2.17 bits per heavy atom. The van der Waals surface area contributed by atoms with Crippen LogP contribution in [0.2, 0.25) is 0 Å². The number of carbonyl (C=O) groups is 2. The first-order chi connectivity index (χ1) is 16.6. The van der Waals surface area contributed by atoms with Crippen LogP contribution in [-0.4, -0.2) is 17.9 Å². The smallest absolute Gasteiger partial charge is 0.352 e. The molecule has 0 spiro atoms. The van der Waals surface area contributed by atoms with Gasteiger partial charge in [-0.2, -0.15) is 8.78 Å². The lowest BCUT2D eigenvalue weighted by Crippen LogP contribution is -2.29. The van der Waals surface area contributed by atoms with Gasteiger partial charge in [0.15, 0.2) is 17.6 Å². The van der Waals surface area contributed by atoms with Crippen molar-refractivity contribution in [2.45, 2.75) is 13.0 Å². The van der Waals surface area contributed by atoms with Crippen molar-refractivity contribution in [2.24, 2.45) is 0 Å². The normalized spacial score (nSPS) is 14.5. The summed E-state index contributed by atoms with van der Waals surface area (Å²) in [5.74, 6) is -14.4. The summed E-state index contributed by atoms with van der Waals surface area (Å²) in [6.45, 7) is 0.993. The van der Waals surface area contributed by atoms with Gasteiger partial charge in [0.1, 0.15) is 11.5 Å². The molecule has 1 heterocycles. The first-order valence-electron chi connectivity index (χ1n) is 9.80. The molecule has 3 aromatic carbocycles. The Bertz CT molecular complexity index is 1360.